The molecule has 3 saturated heterocycles. The summed E-state index contributed by atoms with van der Waals surface area (Å²) in [6.07, 6.45) is 3.45. The van der Waals surface area contributed by atoms with Crippen LogP contribution in [0.2, 0.25) is 0 Å². The molecule has 3 unspecified atom stereocenters. The van der Waals surface area contributed by atoms with Crippen molar-refractivity contribution < 1.29 is 14.3 Å². The van der Waals surface area contributed by atoms with Crippen molar-refractivity contribution in [2.24, 2.45) is 0 Å². The molecule has 0 spiro atoms. The molecule has 0 aliphatic carbocycles. The van der Waals surface area contributed by atoms with Gasteiger partial charge >= 0.3 is 6.03 Å². The number of amides is 3. The van der Waals surface area contributed by atoms with Crippen LogP contribution in [0.15, 0.2) is 24.3 Å². The maximum atomic E-state index is 13.3. The predicted molar refractivity (Wildman–Crippen MR) is 111 cm³/mol. The number of methoxy groups -OCH3 is 1. The van der Waals surface area contributed by atoms with Gasteiger partial charge in [0, 0.05) is 38.4 Å². The fourth-order valence-corrected chi connectivity index (χ4v) is 4.70. The lowest BCUT2D eigenvalue weighted by atomic mass is 10.1. The second kappa shape index (κ2) is 8.20. The molecule has 3 amide bonds. The van der Waals surface area contributed by atoms with Crippen LogP contribution >= 0.6 is 0 Å². The molecule has 158 valence electrons. The third kappa shape index (κ3) is 3.44. The van der Waals surface area contributed by atoms with Gasteiger partial charge in [-0.15, -0.1) is 0 Å². The summed E-state index contributed by atoms with van der Waals surface area (Å²) in [5.41, 5.74) is 1.05. The number of nitrogens with one attached hydrogen (secondary N) is 1. The second-order valence-electron chi connectivity index (χ2n) is 8.01. The molecule has 3 aliphatic rings. The van der Waals surface area contributed by atoms with Crippen molar-refractivity contribution in [3.63, 3.8) is 0 Å². The number of ether oxygens (including phenoxy) is 1. The summed E-state index contributed by atoms with van der Waals surface area (Å²) in [4.78, 5) is 33.8. The van der Waals surface area contributed by atoms with Crippen LogP contribution in [0.3, 0.4) is 0 Å². The van der Waals surface area contributed by atoms with Crippen LogP contribution < -0.4 is 15.0 Å². The molecule has 3 atom stereocenters. The van der Waals surface area contributed by atoms with Gasteiger partial charge in [0.15, 0.2) is 0 Å². The zero-order valence-corrected chi connectivity index (χ0v) is 17.5. The predicted octanol–water partition coefficient (Wildman–Crippen LogP) is 1.87. The minimum absolute atomic E-state index is 0.0725. The van der Waals surface area contributed by atoms with Crippen molar-refractivity contribution in [3.8, 4) is 5.75 Å². The van der Waals surface area contributed by atoms with Crippen LogP contribution in [-0.4, -0.2) is 78.9 Å². The number of rotatable bonds is 6. The van der Waals surface area contributed by atoms with E-state index in [1.165, 1.54) is 4.90 Å². The highest BCUT2D eigenvalue weighted by atomic mass is 16.5. The summed E-state index contributed by atoms with van der Waals surface area (Å²) < 4.78 is 5.39. The molecule has 0 aromatic heterocycles. The SMILES string of the molecule is CCCCCN1C(=O)C2C(NC3N(c4cccc(OC)c4)CCCN23)N(C)C1=O. The zero-order valence-electron chi connectivity index (χ0n) is 17.5. The highest BCUT2D eigenvalue weighted by Gasteiger charge is 2.55. The maximum Gasteiger partial charge on any atom is 0.327 e. The van der Waals surface area contributed by atoms with Gasteiger partial charge in [0.1, 0.15) is 24.2 Å². The van der Waals surface area contributed by atoms with E-state index in [-0.39, 0.29) is 30.4 Å². The Bertz CT molecular complexity index is 772. The Morgan fingerprint density at radius 1 is 1.21 bits per heavy atom. The van der Waals surface area contributed by atoms with Crippen LogP contribution in [-0.2, 0) is 4.79 Å². The molecule has 1 N–H and O–H groups in total. The van der Waals surface area contributed by atoms with Gasteiger partial charge in [-0.3, -0.25) is 19.9 Å². The first-order valence-electron chi connectivity index (χ1n) is 10.6. The average molecular weight is 402 g/mol. The Balaban J connectivity index is 1.59. The Morgan fingerprint density at radius 3 is 2.79 bits per heavy atom. The first kappa shape index (κ1) is 20.0. The van der Waals surface area contributed by atoms with E-state index >= 15 is 0 Å². The molecule has 3 heterocycles. The summed E-state index contributed by atoms with van der Waals surface area (Å²) in [5.74, 6) is 0.734. The average Bonchev–Trinajstić information content (AvgIpc) is 3.14. The van der Waals surface area contributed by atoms with Crippen molar-refractivity contribution in [1.29, 1.82) is 0 Å². The first-order chi connectivity index (χ1) is 14.1. The van der Waals surface area contributed by atoms with Gasteiger partial charge < -0.3 is 14.5 Å². The molecule has 1 aromatic carbocycles. The van der Waals surface area contributed by atoms with Crippen LogP contribution in [0.4, 0.5) is 10.5 Å². The van der Waals surface area contributed by atoms with Gasteiger partial charge in [-0.25, -0.2) is 4.79 Å². The van der Waals surface area contributed by atoms with Gasteiger partial charge in [-0.05, 0) is 25.0 Å². The number of nitrogens with zero attached hydrogens (tertiary/aromatic N) is 4. The summed E-state index contributed by atoms with van der Waals surface area (Å²) in [6.45, 7) is 4.33. The van der Waals surface area contributed by atoms with Gasteiger partial charge in [-0.1, -0.05) is 25.8 Å². The number of imide groups is 1. The lowest BCUT2D eigenvalue weighted by molar-refractivity contribution is -0.138. The number of hydrogen-bond acceptors (Lipinski definition) is 6. The normalized spacial score (nSPS) is 27.3. The highest BCUT2D eigenvalue weighted by molar-refractivity contribution is 6.00. The van der Waals surface area contributed by atoms with Crippen molar-refractivity contribution in [1.82, 2.24) is 20.0 Å². The van der Waals surface area contributed by atoms with Crippen LogP contribution in [0, 0.1) is 0 Å². The number of likely N-dealkylation sites (N-methyl/N-ethyl adjacent to an activating group) is 1. The van der Waals surface area contributed by atoms with E-state index in [0.29, 0.717) is 6.54 Å². The molecule has 3 fully saturated rings. The molecule has 8 heteroatoms. The summed E-state index contributed by atoms with van der Waals surface area (Å²) >= 11 is 0. The smallest absolute Gasteiger partial charge is 0.327 e. The quantitative estimate of drug-likeness (QED) is 0.734. The maximum absolute atomic E-state index is 13.3. The topological polar surface area (TPSA) is 68.4 Å². The standard InChI is InChI=1S/C21H31N5O3/c1-4-5-6-11-26-19(27)17-18(23(2)21(26)28)22-20-24(12-8-13-25(17)20)15-9-7-10-16(14-15)29-3/h7,9-10,14,17-18,20,22H,4-6,8,11-13H2,1-3H3. The third-order valence-electron chi connectivity index (χ3n) is 6.24. The monoisotopic (exact) mass is 401 g/mol. The number of fused-ring (bicyclic) bond motifs is 3. The van der Waals surface area contributed by atoms with Crippen molar-refractivity contribution in [2.45, 2.75) is 51.1 Å². The van der Waals surface area contributed by atoms with E-state index in [1.807, 2.05) is 18.2 Å². The summed E-state index contributed by atoms with van der Waals surface area (Å²) in [5, 5.41) is 3.55. The van der Waals surface area contributed by atoms with E-state index in [9.17, 15) is 9.59 Å². The molecule has 8 nitrogen and oxygen atoms in total. The van der Waals surface area contributed by atoms with Gasteiger partial charge in [0.2, 0.25) is 0 Å². The van der Waals surface area contributed by atoms with Crippen LogP contribution in [0.25, 0.3) is 0 Å². The molecule has 0 radical (unpaired) electrons. The minimum Gasteiger partial charge on any atom is -0.497 e. The van der Waals surface area contributed by atoms with Gasteiger partial charge in [-0.2, -0.15) is 0 Å². The Kier molecular flexibility index (Phi) is 5.65. The first-order valence-corrected chi connectivity index (χ1v) is 10.6. The number of unbranched alkanes of at least 4 members (excludes halogenated alkanes) is 2. The number of urea groups is 1. The Hall–Kier alpha value is -2.32. The molecule has 0 bridgehead atoms. The summed E-state index contributed by atoms with van der Waals surface area (Å²) in [7, 11) is 3.46. The number of carbonyl (C=O) groups excluding carboxylic acids is 2. The van der Waals surface area contributed by atoms with E-state index in [2.05, 4.69) is 28.1 Å². The van der Waals surface area contributed by atoms with Crippen LogP contribution in [0.5, 0.6) is 5.75 Å². The highest BCUT2D eigenvalue weighted by Crippen LogP contribution is 2.34. The largest absolute Gasteiger partial charge is 0.497 e. The molecule has 3 aliphatic heterocycles. The number of anilines is 1. The number of benzene rings is 1. The molecular formula is C21H31N5O3. The van der Waals surface area contributed by atoms with E-state index in [4.69, 9.17) is 4.74 Å². The third-order valence-corrected chi connectivity index (χ3v) is 6.24. The minimum atomic E-state index is -0.349. The fourth-order valence-electron chi connectivity index (χ4n) is 4.70. The molecule has 0 saturated carbocycles. The van der Waals surface area contributed by atoms with Crippen molar-refractivity contribution in [3.05, 3.63) is 24.3 Å². The fraction of sp³-hybridized carbons (Fsp3) is 0.619. The van der Waals surface area contributed by atoms with Gasteiger partial charge in [0.05, 0.1) is 7.11 Å². The number of carbonyl (C=O) groups is 2. The van der Waals surface area contributed by atoms with E-state index < -0.39 is 0 Å². The lowest BCUT2D eigenvalue weighted by Crippen LogP contribution is -2.66. The Morgan fingerprint density at radius 2 is 2.03 bits per heavy atom. The summed E-state index contributed by atoms with van der Waals surface area (Å²) in [6, 6.07) is 7.43. The number of hydrogen-bond donors (Lipinski definition) is 1. The molecule has 29 heavy (non-hydrogen) atoms. The lowest BCUT2D eigenvalue weighted by Gasteiger charge is -2.44. The van der Waals surface area contributed by atoms with Gasteiger partial charge in [0.25, 0.3) is 5.91 Å². The molecular weight excluding hydrogens is 370 g/mol. The van der Waals surface area contributed by atoms with E-state index in [0.717, 1.165) is 50.2 Å². The van der Waals surface area contributed by atoms with Crippen molar-refractivity contribution >= 4 is 17.6 Å². The second-order valence-corrected chi connectivity index (χ2v) is 8.01. The molecule has 1 aromatic rings. The van der Waals surface area contributed by atoms with Crippen molar-refractivity contribution in [2.75, 3.05) is 38.7 Å². The Labute approximate surface area is 172 Å². The van der Waals surface area contributed by atoms with Crippen LogP contribution in [0.1, 0.15) is 32.6 Å². The van der Waals surface area contributed by atoms with E-state index in [1.54, 1.807) is 19.1 Å². The molecule has 4 rings (SSSR count). The zero-order chi connectivity index (χ0) is 20.5.